The summed E-state index contributed by atoms with van der Waals surface area (Å²) in [7, 11) is 3.05. The second-order valence-electron chi connectivity index (χ2n) is 8.99. The number of aliphatic imine (C=N–C) groups is 1. The van der Waals surface area contributed by atoms with E-state index < -0.39 is 35.6 Å². The Kier molecular flexibility index (Phi) is 7.29. The molecule has 1 amide bonds. The number of aryl methyl sites for hydroxylation is 1. The lowest BCUT2D eigenvalue weighted by Crippen LogP contribution is -2.32. The Morgan fingerprint density at radius 2 is 1.84 bits per heavy atom. The van der Waals surface area contributed by atoms with E-state index >= 15 is 0 Å². The van der Waals surface area contributed by atoms with Gasteiger partial charge in [0.15, 0.2) is 0 Å². The smallest absolute Gasteiger partial charge is 0.321 e. The van der Waals surface area contributed by atoms with Gasteiger partial charge in [0, 0.05) is 49.4 Å². The fourth-order valence-corrected chi connectivity index (χ4v) is 3.98. The van der Waals surface area contributed by atoms with Crippen LogP contribution in [0.2, 0.25) is 0 Å². The van der Waals surface area contributed by atoms with Gasteiger partial charge in [0.25, 0.3) is 0 Å². The molecule has 2 heterocycles. The second kappa shape index (κ2) is 10.3. The number of carbonyl (C=O) groups excluding carboxylic acids is 1. The second-order valence-corrected chi connectivity index (χ2v) is 8.99. The number of halogens is 5. The quantitative estimate of drug-likeness (QED) is 0.257. The third-order valence-corrected chi connectivity index (χ3v) is 6.32. The van der Waals surface area contributed by atoms with Crippen LogP contribution in [0.1, 0.15) is 25.3 Å². The van der Waals surface area contributed by atoms with E-state index in [1.807, 2.05) is 0 Å². The molecule has 0 unspecified atom stereocenters. The average Bonchev–Trinajstić information content (AvgIpc) is 3.59. The Labute approximate surface area is 214 Å². The largest absolute Gasteiger partial charge is 0.398 e. The minimum absolute atomic E-state index is 0.0244. The minimum Gasteiger partial charge on any atom is -0.321 e. The number of rotatable bonds is 7. The van der Waals surface area contributed by atoms with E-state index in [2.05, 4.69) is 30.7 Å². The summed E-state index contributed by atoms with van der Waals surface area (Å²) in [4.78, 5) is 24.5. The molecular formula is C25H24F5N7O. The van der Waals surface area contributed by atoms with Crippen LogP contribution >= 0.6 is 0 Å². The molecule has 3 aromatic rings. The first-order valence-corrected chi connectivity index (χ1v) is 11.5. The van der Waals surface area contributed by atoms with Crippen molar-refractivity contribution in [1.29, 1.82) is 0 Å². The number of alkyl halides is 3. The lowest BCUT2D eigenvalue weighted by Gasteiger charge is -2.20. The number of allylic oxidation sites excluding steroid dienone is 1. The van der Waals surface area contributed by atoms with Crippen molar-refractivity contribution in [2.45, 2.75) is 32.4 Å². The predicted octanol–water partition coefficient (Wildman–Crippen LogP) is 4.87. The van der Waals surface area contributed by atoms with Gasteiger partial charge < -0.3 is 10.6 Å². The summed E-state index contributed by atoms with van der Waals surface area (Å²) in [6.07, 6.45) is 2.06. The lowest BCUT2D eigenvalue weighted by atomic mass is 9.96. The summed E-state index contributed by atoms with van der Waals surface area (Å²) in [5.41, 5.74) is -1.35. The molecule has 13 heteroatoms. The molecular weight excluding hydrogens is 509 g/mol. The van der Waals surface area contributed by atoms with Crippen LogP contribution in [0.4, 0.5) is 33.6 Å². The van der Waals surface area contributed by atoms with Gasteiger partial charge in [0.05, 0.1) is 23.7 Å². The number of nitrogens with one attached hydrogen (secondary N) is 2. The maximum Gasteiger partial charge on any atom is 0.398 e. The van der Waals surface area contributed by atoms with Gasteiger partial charge in [-0.15, -0.1) is 0 Å². The molecule has 2 aromatic heterocycles. The van der Waals surface area contributed by atoms with Gasteiger partial charge in [0.2, 0.25) is 11.9 Å². The highest BCUT2D eigenvalue weighted by atomic mass is 19.4. The zero-order valence-corrected chi connectivity index (χ0v) is 20.7. The van der Waals surface area contributed by atoms with Gasteiger partial charge in [-0.3, -0.25) is 14.5 Å². The molecule has 1 aromatic carbocycles. The summed E-state index contributed by atoms with van der Waals surface area (Å²) in [5, 5.41) is 9.30. The maximum atomic E-state index is 14.8. The number of amidine groups is 1. The van der Waals surface area contributed by atoms with Gasteiger partial charge in [-0.1, -0.05) is 5.57 Å². The van der Waals surface area contributed by atoms with E-state index in [0.29, 0.717) is 5.69 Å². The van der Waals surface area contributed by atoms with Crippen molar-refractivity contribution < 1.29 is 26.7 Å². The monoisotopic (exact) mass is 533 g/mol. The number of hydrogen-bond acceptors (Lipinski definition) is 6. The summed E-state index contributed by atoms with van der Waals surface area (Å²) in [5.74, 6) is -2.27. The molecule has 1 aliphatic carbocycles. The first-order valence-electron chi connectivity index (χ1n) is 11.5. The summed E-state index contributed by atoms with van der Waals surface area (Å²) < 4.78 is 71.2. The standard InChI is InChI=1S/C25H24F5N7O/c1-14(24(4-5-24)25(28,29)30)6-21(31-2)36-22(38)8-15-7-20(27)18(9-19(15)26)16-10-32-23(33-11-16)35-17-12-34-37(3)13-17/h6-7,9-13H,4-5,8H2,1-3H3,(H,31,36,38)(H,32,33,35)/b14-6+. The zero-order valence-electron chi connectivity index (χ0n) is 20.7. The van der Waals surface area contributed by atoms with Gasteiger partial charge in [-0.2, -0.15) is 18.3 Å². The molecule has 8 nitrogen and oxygen atoms in total. The van der Waals surface area contributed by atoms with E-state index in [1.165, 1.54) is 26.4 Å². The molecule has 0 bridgehead atoms. The molecule has 0 aliphatic heterocycles. The highest BCUT2D eigenvalue weighted by Gasteiger charge is 2.64. The van der Waals surface area contributed by atoms with Crippen LogP contribution in [-0.4, -0.2) is 44.7 Å². The lowest BCUT2D eigenvalue weighted by molar-refractivity contribution is -0.175. The Hall–Kier alpha value is -4.16. The van der Waals surface area contributed by atoms with Crippen LogP contribution in [-0.2, 0) is 18.3 Å². The minimum atomic E-state index is -4.40. The third-order valence-electron chi connectivity index (χ3n) is 6.32. The highest BCUT2D eigenvalue weighted by Crippen LogP contribution is 2.62. The summed E-state index contributed by atoms with van der Waals surface area (Å²) >= 11 is 0. The molecule has 200 valence electrons. The van der Waals surface area contributed by atoms with Crippen LogP contribution < -0.4 is 10.6 Å². The molecule has 1 fully saturated rings. The molecule has 38 heavy (non-hydrogen) atoms. The number of carbonyl (C=O) groups is 1. The highest BCUT2D eigenvalue weighted by molar-refractivity contribution is 6.05. The summed E-state index contributed by atoms with van der Waals surface area (Å²) in [6, 6.07) is 1.82. The summed E-state index contributed by atoms with van der Waals surface area (Å²) in [6.45, 7) is 1.33. The number of amides is 1. The van der Waals surface area contributed by atoms with E-state index in [-0.39, 0.29) is 46.9 Å². The molecule has 4 rings (SSSR count). The van der Waals surface area contributed by atoms with Gasteiger partial charge >= 0.3 is 6.18 Å². The number of benzene rings is 1. The molecule has 0 atom stereocenters. The maximum absolute atomic E-state index is 14.8. The molecule has 0 spiro atoms. The number of nitrogens with zero attached hydrogens (tertiary/aromatic N) is 5. The van der Waals surface area contributed by atoms with Crippen molar-refractivity contribution in [2.75, 3.05) is 12.4 Å². The third kappa shape index (κ3) is 5.71. The van der Waals surface area contributed by atoms with Crippen molar-refractivity contribution in [3.8, 4) is 11.1 Å². The van der Waals surface area contributed by atoms with Crippen LogP contribution in [0, 0.1) is 17.0 Å². The van der Waals surface area contributed by atoms with E-state index in [0.717, 1.165) is 18.2 Å². The average molecular weight is 534 g/mol. The molecule has 1 saturated carbocycles. The zero-order chi connectivity index (χ0) is 27.7. The molecule has 2 N–H and O–H groups in total. The van der Waals surface area contributed by atoms with Crippen LogP contribution in [0.3, 0.4) is 0 Å². The SMILES string of the molecule is CN=C(/C=C(\C)C1(C(F)(F)F)CC1)NC(=O)Cc1cc(F)c(-c2cnc(Nc3cnn(C)c3)nc2)cc1F. The molecule has 1 aliphatic rings. The first kappa shape index (κ1) is 26.9. The van der Waals surface area contributed by atoms with Crippen LogP contribution in [0.5, 0.6) is 0 Å². The van der Waals surface area contributed by atoms with Crippen molar-refractivity contribution in [3.05, 3.63) is 65.8 Å². The molecule has 0 radical (unpaired) electrons. The fraction of sp³-hybridized carbons (Fsp3) is 0.320. The Balaban J connectivity index is 1.43. The van der Waals surface area contributed by atoms with Crippen LogP contribution in [0.15, 0.2) is 53.6 Å². The number of aromatic nitrogens is 4. The topological polar surface area (TPSA) is 97.1 Å². The predicted molar refractivity (Wildman–Crippen MR) is 131 cm³/mol. The molecule has 0 saturated heterocycles. The number of anilines is 2. The number of hydrogen-bond donors (Lipinski definition) is 2. The van der Waals surface area contributed by atoms with Gasteiger partial charge in [0.1, 0.15) is 17.5 Å². The Morgan fingerprint density at radius 1 is 1.16 bits per heavy atom. The van der Waals surface area contributed by atoms with E-state index in [4.69, 9.17) is 0 Å². The first-order chi connectivity index (χ1) is 17.9. The van der Waals surface area contributed by atoms with Gasteiger partial charge in [-0.05, 0) is 38.0 Å². The van der Waals surface area contributed by atoms with E-state index in [1.54, 1.807) is 24.1 Å². The Bertz CT molecular complexity index is 1410. The Morgan fingerprint density at radius 3 is 2.39 bits per heavy atom. The van der Waals surface area contributed by atoms with E-state index in [9.17, 15) is 26.7 Å². The van der Waals surface area contributed by atoms with Crippen molar-refractivity contribution in [2.24, 2.45) is 17.5 Å². The van der Waals surface area contributed by atoms with Crippen molar-refractivity contribution >= 4 is 23.4 Å². The van der Waals surface area contributed by atoms with Crippen LogP contribution in [0.25, 0.3) is 11.1 Å². The van der Waals surface area contributed by atoms with Crippen molar-refractivity contribution in [3.63, 3.8) is 0 Å². The van der Waals surface area contributed by atoms with Crippen molar-refractivity contribution in [1.82, 2.24) is 25.1 Å². The fourth-order valence-electron chi connectivity index (χ4n) is 3.98. The van der Waals surface area contributed by atoms with Gasteiger partial charge in [-0.25, -0.2) is 18.7 Å². The normalized spacial score (nSPS) is 15.4.